The van der Waals surface area contributed by atoms with Gasteiger partial charge in [0.05, 0.1) is 11.6 Å². The predicted octanol–water partition coefficient (Wildman–Crippen LogP) is 3.57. The van der Waals surface area contributed by atoms with Gasteiger partial charge in [-0.3, -0.25) is 4.79 Å². The van der Waals surface area contributed by atoms with Gasteiger partial charge in [0.25, 0.3) is 5.91 Å². The molecule has 0 bridgehead atoms. The number of unbranched alkanes of at least 4 members (excludes halogenated alkanes) is 2. The second kappa shape index (κ2) is 8.88. The van der Waals surface area contributed by atoms with Crippen molar-refractivity contribution in [2.45, 2.75) is 39.2 Å². The molecule has 5 nitrogen and oxygen atoms in total. The van der Waals surface area contributed by atoms with E-state index in [4.69, 9.17) is 0 Å². The lowest BCUT2D eigenvalue weighted by Gasteiger charge is -2.14. The molecule has 0 aliphatic heterocycles. The van der Waals surface area contributed by atoms with Crippen LogP contribution >= 0.6 is 0 Å². The van der Waals surface area contributed by atoms with E-state index < -0.39 is 0 Å². The maximum absolute atomic E-state index is 12.2. The molecule has 2 N–H and O–H groups in total. The number of nitrogens with zero attached hydrogens (tertiary/aromatic N) is 2. The van der Waals surface area contributed by atoms with Crippen molar-refractivity contribution in [1.82, 2.24) is 15.3 Å². The molecule has 1 amide bonds. The van der Waals surface area contributed by atoms with E-state index in [0.717, 1.165) is 18.5 Å². The van der Waals surface area contributed by atoms with Crippen molar-refractivity contribution in [3.05, 3.63) is 53.9 Å². The summed E-state index contributed by atoms with van der Waals surface area (Å²) >= 11 is 0. The lowest BCUT2D eigenvalue weighted by molar-refractivity contribution is 0.0939. The van der Waals surface area contributed by atoms with Gasteiger partial charge in [0, 0.05) is 18.9 Å². The number of benzene rings is 1. The van der Waals surface area contributed by atoms with E-state index in [1.165, 1.54) is 12.8 Å². The molecule has 23 heavy (non-hydrogen) atoms. The van der Waals surface area contributed by atoms with Crippen LogP contribution in [0.3, 0.4) is 0 Å². The molecule has 1 aromatic heterocycles. The Morgan fingerprint density at radius 2 is 1.83 bits per heavy atom. The summed E-state index contributed by atoms with van der Waals surface area (Å²) in [6, 6.07) is 9.80. The third kappa shape index (κ3) is 5.36. The molecule has 0 saturated heterocycles. The number of nitrogens with one attached hydrogen (secondary N) is 2. The highest BCUT2D eigenvalue weighted by Gasteiger charge is 2.12. The Morgan fingerprint density at radius 3 is 2.48 bits per heavy atom. The summed E-state index contributed by atoms with van der Waals surface area (Å²) < 4.78 is 0. The van der Waals surface area contributed by atoms with Gasteiger partial charge in [-0.15, -0.1) is 0 Å². The molecule has 2 aromatic rings. The van der Waals surface area contributed by atoms with Gasteiger partial charge in [0.2, 0.25) is 5.95 Å². The minimum absolute atomic E-state index is 0.0597. The zero-order valence-electron chi connectivity index (χ0n) is 13.7. The molecule has 2 rings (SSSR count). The summed E-state index contributed by atoms with van der Waals surface area (Å²) in [6.07, 6.45) is 6.58. The number of hydrogen-bond acceptors (Lipinski definition) is 4. The smallest absolute Gasteiger partial charge is 0.254 e. The molecule has 122 valence electrons. The van der Waals surface area contributed by atoms with Crippen LogP contribution < -0.4 is 10.6 Å². The van der Waals surface area contributed by atoms with Gasteiger partial charge in [-0.1, -0.05) is 50.1 Å². The van der Waals surface area contributed by atoms with E-state index in [1.807, 2.05) is 37.3 Å². The molecule has 0 spiro atoms. The van der Waals surface area contributed by atoms with Crippen molar-refractivity contribution in [3.8, 4) is 0 Å². The molecule has 1 heterocycles. The Hall–Kier alpha value is -2.43. The largest absolute Gasteiger partial charge is 0.354 e. The number of anilines is 1. The first kappa shape index (κ1) is 16.9. The van der Waals surface area contributed by atoms with Gasteiger partial charge in [0.1, 0.15) is 0 Å². The fourth-order valence-corrected chi connectivity index (χ4v) is 2.22. The molecule has 1 atom stereocenters. The molecule has 0 aliphatic carbocycles. The molecule has 0 radical (unpaired) electrons. The highest BCUT2D eigenvalue weighted by molar-refractivity contribution is 5.93. The summed E-state index contributed by atoms with van der Waals surface area (Å²) in [5.41, 5.74) is 1.53. The Kier molecular flexibility index (Phi) is 6.54. The number of rotatable bonds is 8. The van der Waals surface area contributed by atoms with Gasteiger partial charge in [-0.2, -0.15) is 0 Å². The Labute approximate surface area is 137 Å². The molecule has 0 saturated carbocycles. The normalized spacial score (nSPS) is 11.7. The van der Waals surface area contributed by atoms with Crippen molar-refractivity contribution in [1.29, 1.82) is 0 Å². The molecular formula is C18H24N4O. The van der Waals surface area contributed by atoms with Crippen molar-refractivity contribution in [3.63, 3.8) is 0 Å². The second-order valence-corrected chi connectivity index (χ2v) is 5.54. The van der Waals surface area contributed by atoms with Gasteiger partial charge < -0.3 is 10.6 Å². The summed E-state index contributed by atoms with van der Waals surface area (Å²) in [5.74, 6) is 0.396. The lowest BCUT2D eigenvalue weighted by atomic mass is 10.1. The number of carbonyl (C=O) groups excluding carboxylic acids is 1. The van der Waals surface area contributed by atoms with Crippen molar-refractivity contribution in [2.75, 3.05) is 11.9 Å². The fraction of sp³-hybridized carbons (Fsp3) is 0.389. The van der Waals surface area contributed by atoms with Crippen LogP contribution in [0, 0.1) is 0 Å². The lowest BCUT2D eigenvalue weighted by Crippen LogP contribution is -2.27. The van der Waals surface area contributed by atoms with Crippen LogP contribution in [0.2, 0.25) is 0 Å². The van der Waals surface area contributed by atoms with Gasteiger partial charge in [-0.05, 0) is 18.9 Å². The van der Waals surface area contributed by atoms with E-state index >= 15 is 0 Å². The first-order chi connectivity index (χ1) is 11.2. The van der Waals surface area contributed by atoms with Crippen LogP contribution in [0.1, 0.15) is 55.1 Å². The monoisotopic (exact) mass is 312 g/mol. The Morgan fingerprint density at radius 1 is 1.13 bits per heavy atom. The summed E-state index contributed by atoms with van der Waals surface area (Å²) in [4.78, 5) is 20.6. The summed E-state index contributed by atoms with van der Waals surface area (Å²) in [7, 11) is 0. The van der Waals surface area contributed by atoms with Gasteiger partial charge in [0.15, 0.2) is 0 Å². The van der Waals surface area contributed by atoms with Crippen LogP contribution in [0.15, 0.2) is 42.7 Å². The molecule has 0 aliphatic rings. The van der Waals surface area contributed by atoms with Crippen molar-refractivity contribution < 1.29 is 4.79 Å². The highest BCUT2D eigenvalue weighted by atomic mass is 16.1. The fourth-order valence-electron chi connectivity index (χ4n) is 2.22. The Balaban J connectivity index is 1.87. The standard InChI is InChI=1S/C18H24N4O/c1-3-4-8-11-19-18-20-12-16(13-21-18)17(23)22-14(2)15-9-6-5-7-10-15/h5-7,9-10,12-14H,3-4,8,11H2,1-2H3,(H,22,23)(H,19,20,21). The molecule has 0 fully saturated rings. The number of hydrogen-bond donors (Lipinski definition) is 2. The van der Waals surface area contributed by atoms with Crippen LogP contribution in [0.25, 0.3) is 0 Å². The van der Waals surface area contributed by atoms with Gasteiger partial charge in [-0.25, -0.2) is 9.97 Å². The minimum Gasteiger partial charge on any atom is -0.354 e. The molecular weight excluding hydrogens is 288 g/mol. The van der Waals surface area contributed by atoms with Crippen LogP contribution in [-0.2, 0) is 0 Å². The van der Waals surface area contributed by atoms with Crippen LogP contribution in [-0.4, -0.2) is 22.4 Å². The average molecular weight is 312 g/mol. The maximum atomic E-state index is 12.2. The number of carbonyl (C=O) groups is 1. The maximum Gasteiger partial charge on any atom is 0.254 e. The van der Waals surface area contributed by atoms with Crippen molar-refractivity contribution >= 4 is 11.9 Å². The minimum atomic E-state index is -0.168. The Bertz CT molecular complexity index is 598. The van der Waals surface area contributed by atoms with E-state index in [0.29, 0.717) is 11.5 Å². The molecule has 1 unspecified atom stereocenters. The predicted molar refractivity (Wildman–Crippen MR) is 92.4 cm³/mol. The summed E-state index contributed by atoms with van der Waals surface area (Å²) in [6.45, 7) is 4.97. The number of aromatic nitrogens is 2. The highest BCUT2D eigenvalue weighted by Crippen LogP contribution is 2.12. The zero-order valence-corrected chi connectivity index (χ0v) is 13.7. The molecule has 1 aromatic carbocycles. The SMILES string of the molecule is CCCCCNc1ncc(C(=O)NC(C)c2ccccc2)cn1. The quantitative estimate of drug-likeness (QED) is 0.731. The third-order valence-corrected chi connectivity index (χ3v) is 3.62. The summed E-state index contributed by atoms with van der Waals surface area (Å²) in [5, 5.41) is 6.11. The van der Waals surface area contributed by atoms with Crippen LogP contribution in [0.5, 0.6) is 0 Å². The topological polar surface area (TPSA) is 66.9 Å². The van der Waals surface area contributed by atoms with E-state index in [2.05, 4.69) is 27.5 Å². The zero-order chi connectivity index (χ0) is 16.5. The van der Waals surface area contributed by atoms with Crippen LogP contribution in [0.4, 0.5) is 5.95 Å². The van der Waals surface area contributed by atoms with Crippen molar-refractivity contribution in [2.24, 2.45) is 0 Å². The van der Waals surface area contributed by atoms with E-state index in [9.17, 15) is 4.79 Å². The van der Waals surface area contributed by atoms with Gasteiger partial charge >= 0.3 is 0 Å². The number of amides is 1. The first-order valence-corrected chi connectivity index (χ1v) is 8.12. The second-order valence-electron chi connectivity index (χ2n) is 5.54. The first-order valence-electron chi connectivity index (χ1n) is 8.12. The van der Waals surface area contributed by atoms with E-state index in [1.54, 1.807) is 12.4 Å². The molecule has 5 heteroatoms. The third-order valence-electron chi connectivity index (χ3n) is 3.62. The average Bonchev–Trinajstić information content (AvgIpc) is 2.60. The van der Waals surface area contributed by atoms with E-state index in [-0.39, 0.29) is 11.9 Å².